The summed E-state index contributed by atoms with van der Waals surface area (Å²) in [6, 6.07) is 5.80. The SMILES string of the molecule is Cn1cccc1-c1ccno1. The smallest absolute Gasteiger partial charge is 0.183 e. The van der Waals surface area contributed by atoms with Gasteiger partial charge in [-0.2, -0.15) is 0 Å². The minimum atomic E-state index is 0.803. The maximum absolute atomic E-state index is 4.99. The minimum absolute atomic E-state index is 0.803. The van der Waals surface area contributed by atoms with Gasteiger partial charge in [-0.15, -0.1) is 0 Å². The summed E-state index contributed by atoms with van der Waals surface area (Å²) in [6.07, 6.45) is 3.61. The molecule has 2 aromatic heterocycles. The first-order chi connectivity index (χ1) is 5.38. The van der Waals surface area contributed by atoms with Gasteiger partial charge in [-0.1, -0.05) is 5.16 Å². The van der Waals surface area contributed by atoms with Crippen molar-refractivity contribution in [1.82, 2.24) is 9.72 Å². The number of nitrogens with zero attached hydrogens (tertiary/aromatic N) is 2. The lowest BCUT2D eigenvalue weighted by Gasteiger charge is -1.95. The summed E-state index contributed by atoms with van der Waals surface area (Å²) < 4.78 is 6.97. The maximum Gasteiger partial charge on any atom is 0.183 e. The summed E-state index contributed by atoms with van der Waals surface area (Å²) in [5, 5.41) is 3.63. The van der Waals surface area contributed by atoms with Crippen LogP contribution in [0.4, 0.5) is 0 Å². The molecule has 0 aliphatic carbocycles. The van der Waals surface area contributed by atoms with Gasteiger partial charge in [0.2, 0.25) is 0 Å². The van der Waals surface area contributed by atoms with Crippen LogP contribution < -0.4 is 0 Å². The summed E-state index contributed by atoms with van der Waals surface area (Å²) in [5.41, 5.74) is 1.04. The zero-order valence-electron chi connectivity index (χ0n) is 6.19. The zero-order valence-corrected chi connectivity index (χ0v) is 6.19. The average molecular weight is 148 g/mol. The number of hydrogen-bond acceptors (Lipinski definition) is 2. The van der Waals surface area contributed by atoms with Gasteiger partial charge in [-0.05, 0) is 12.1 Å². The molecular formula is C8H8N2O. The summed E-state index contributed by atoms with van der Waals surface area (Å²) in [6.45, 7) is 0. The molecule has 0 fully saturated rings. The highest BCUT2D eigenvalue weighted by Crippen LogP contribution is 2.17. The van der Waals surface area contributed by atoms with E-state index in [-0.39, 0.29) is 0 Å². The van der Waals surface area contributed by atoms with Crippen LogP contribution in [0.25, 0.3) is 11.5 Å². The number of aryl methyl sites for hydroxylation is 1. The lowest BCUT2D eigenvalue weighted by Crippen LogP contribution is -1.86. The Hall–Kier alpha value is -1.51. The van der Waals surface area contributed by atoms with E-state index < -0.39 is 0 Å². The van der Waals surface area contributed by atoms with Crippen molar-refractivity contribution < 1.29 is 4.52 Å². The molecule has 11 heavy (non-hydrogen) atoms. The first-order valence-corrected chi connectivity index (χ1v) is 3.40. The second-order valence-electron chi connectivity index (χ2n) is 2.38. The van der Waals surface area contributed by atoms with E-state index in [1.807, 2.05) is 36.0 Å². The molecule has 0 amide bonds. The molecule has 0 radical (unpaired) electrons. The monoisotopic (exact) mass is 148 g/mol. The Morgan fingerprint density at radius 1 is 1.45 bits per heavy atom. The van der Waals surface area contributed by atoms with Gasteiger partial charge >= 0.3 is 0 Å². The molecule has 0 bridgehead atoms. The van der Waals surface area contributed by atoms with Crippen molar-refractivity contribution in [3.05, 3.63) is 30.6 Å². The van der Waals surface area contributed by atoms with E-state index in [0.29, 0.717) is 0 Å². The summed E-state index contributed by atoms with van der Waals surface area (Å²) >= 11 is 0. The van der Waals surface area contributed by atoms with Crippen LogP contribution in [0.5, 0.6) is 0 Å². The van der Waals surface area contributed by atoms with Gasteiger partial charge in [0, 0.05) is 19.3 Å². The van der Waals surface area contributed by atoms with Gasteiger partial charge < -0.3 is 9.09 Å². The molecule has 0 unspecified atom stereocenters. The van der Waals surface area contributed by atoms with Gasteiger partial charge in [0.15, 0.2) is 5.76 Å². The molecule has 56 valence electrons. The summed E-state index contributed by atoms with van der Waals surface area (Å²) in [7, 11) is 1.97. The fourth-order valence-electron chi connectivity index (χ4n) is 1.07. The zero-order chi connectivity index (χ0) is 7.68. The van der Waals surface area contributed by atoms with Gasteiger partial charge in [0.05, 0.1) is 11.9 Å². The molecular weight excluding hydrogens is 140 g/mol. The number of aromatic nitrogens is 2. The topological polar surface area (TPSA) is 31.0 Å². The molecule has 2 heterocycles. The highest BCUT2D eigenvalue weighted by atomic mass is 16.5. The molecule has 0 aromatic carbocycles. The van der Waals surface area contributed by atoms with Crippen LogP contribution >= 0.6 is 0 Å². The summed E-state index contributed by atoms with van der Waals surface area (Å²) in [4.78, 5) is 0. The predicted octanol–water partition coefficient (Wildman–Crippen LogP) is 1.68. The van der Waals surface area contributed by atoms with E-state index >= 15 is 0 Å². The van der Waals surface area contributed by atoms with Crippen molar-refractivity contribution in [1.29, 1.82) is 0 Å². The Balaban J connectivity index is 2.53. The molecule has 0 N–H and O–H groups in total. The first kappa shape index (κ1) is 6.22. The van der Waals surface area contributed by atoms with Gasteiger partial charge in [0.1, 0.15) is 0 Å². The third kappa shape index (κ3) is 0.941. The van der Waals surface area contributed by atoms with Crippen LogP contribution in [0.3, 0.4) is 0 Å². The minimum Gasteiger partial charge on any atom is -0.355 e. The van der Waals surface area contributed by atoms with Crippen LogP contribution in [0, 0.1) is 0 Å². The second kappa shape index (κ2) is 2.27. The van der Waals surface area contributed by atoms with Crippen molar-refractivity contribution >= 4 is 0 Å². The van der Waals surface area contributed by atoms with Crippen molar-refractivity contribution in [2.24, 2.45) is 7.05 Å². The van der Waals surface area contributed by atoms with E-state index in [1.165, 1.54) is 0 Å². The highest BCUT2D eigenvalue weighted by molar-refractivity contribution is 5.51. The van der Waals surface area contributed by atoms with E-state index in [1.54, 1.807) is 6.20 Å². The maximum atomic E-state index is 4.99. The van der Waals surface area contributed by atoms with Crippen LogP contribution in [0.2, 0.25) is 0 Å². The number of rotatable bonds is 1. The van der Waals surface area contributed by atoms with Crippen LogP contribution in [0.15, 0.2) is 35.1 Å². The Morgan fingerprint density at radius 3 is 2.91 bits per heavy atom. The van der Waals surface area contributed by atoms with E-state index in [4.69, 9.17) is 4.52 Å². The van der Waals surface area contributed by atoms with Gasteiger partial charge in [0.25, 0.3) is 0 Å². The van der Waals surface area contributed by atoms with E-state index in [2.05, 4.69) is 5.16 Å². The standard InChI is InChI=1S/C8H8N2O/c1-10-6-2-3-7(10)8-4-5-9-11-8/h2-6H,1H3. The van der Waals surface area contributed by atoms with Crippen LogP contribution in [-0.2, 0) is 7.05 Å². The molecule has 3 nitrogen and oxygen atoms in total. The van der Waals surface area contributed by atoms with Crippen LogP contribution in [0.1, 0.15) is 0 Å². The quantitative estimate of drug-likeness (QED) is 0.616. The molecule has 0 saturated carbocycles. The highest BCUT2D eigenvalue weighted by Gasteiger charge is 2.02. The lowest BCUT2D eigenvalue weighted by atomic mass is 10.3. The fourth-order valence-corrected chi connectivity index (χ4v) is 1.07. The average Bonchev–Trinajstić information content (AvgIpc) is 2.55. The lowest BCUT2D eigenvalue weighted by molar-refractivity contribution is 0.430. The molecule has 0 saturated heterocycles. The predicted molar refractivity (Wildman–Crippen MR) is 40.9 cm³/mol. The van der Waals surface area contributed by atoms with Crippen molar-refractivity contribution in [2.45, 2.75) is 0 Å². The van der Waals surface area contributed by atoms with E-state index in [0.717, 1.165) is 11.5 Å². The molecule has 0 aliphatic rings. The fraction of sp³-hybridized carbons (Fsp3) is 0.125. The van der Waals surface area contributed by atoms with Crippen LogP contribution in [-0.4, -0.2) is 9.72 Å². The Labute approximate surface area is 64.2 Å². The van der Waals surface area contributed by atoms with Crippen molar-refractivity contribution in [2.75, 3.05) is 0 Å². The Kier molecular flexibility index (Phi) is 1.28. The molecule has 2 rings (SSSR count). The number of hydrogen-bond donors (Lipinski definition) is 0. The Morgan fingerprint density at radius 2 is 2.36 bits per heavy atom. The summed E-state index contributed by atoms with van der Waals surface area (Å²) in [5.74, 6) is 0.803. The van der Waals surface area contributed by atoms with Crippen molar-refractivity contribution in [3.8, 4) is 11.5 Å². The third-order valence-electron chi connectivity index (χ3n) is 1.63. The second-order valence-corrected chi connectivity index (χ2v) is 2.38. The molecule has 2 aromatic rings. The van der Waals surface area contributed by atoms with Gasteiger partial charge in [-0.3, -0.25) is 0 Å². The van der Waals surface area contributed by atoms with Gasteiger partial charge in [-0.25, -0.2) is 0 Å². The first-order valence-electron chi connectivity index (χ1n) is 3.40. The van der Waals surface area contributed by atoms with E-state index in [9.17, 15) is 0 Å². The molecule has 0 aliphatic heterocycles. The molecule has 3 heteroatoms. The largest absolute Gasteiger partial charge is 0.355 e. The normalized spacial score (nSPS) is 10.3. The van der Waals surface area contributed by atoms with Crippen molar-refractivity contribution in [3.63, 3.8) is 0 Å². The third-order valence-corrected chi connectivity index (χ3v) is 1.63. The molecule has 0 spiro atoms. The Bertz CT molecular complexity index is 335. The molecule has 0 atom stereocenters.